The van der Waals surface area contributed by atoms with Gasteiger partial charge in [0.2, 0.25) is 0 Å². The maximum absolute atomic E-state index is 13.2. The lowest BCUT2D eigenvalue weighted by Gasteiger charge is -2.28. The third-order valence-electron chi connectivity index (χ3n) is 6.57. The number of hydrogen-bond donors (Lipinski definition) is 1. The number of aromatic amines is 1. The van der Waals surface area contributed by atoms with Crippen LogP contribution in [0, 0.1) is 11.3 Å². The molecule has 8 nitrogen and oxygen atoms in total. The molecule has 0 spiro atoms. The quantitative estimate of drug-likeness (QED) is 0.655. The van der Waals surface area contributed by atoms with Crippen LogP contribution in [0.2, 0.25) is 0 Å². The Morgan fingerprint density at radius 2 is 1.88 bits per heavy atom. The number of rotatable bonds is 5. The molecule has 1 atom stereocenters. The van der Waals surface area contributed by atoms with Crippen molar-refractivity contribution in [2.75, 3.05) is 26.2 Å². The largest absolute Gasteiger partial charge is 0.334 e. The summed E-state index contributed by atoms with van der Waals surface area (Å²) in [6, 6.07) is 14.1. The van der Waals surface area contributed by atoms with Crippen LogP contribution in [0.3, 0.4) is 0 Å². The van der Waals surface area contributed by atoms with E-state index in [1.807, 2.05) is 4.90 Å². The second-order valence-electron chi connectivity index (χ2n) is 8.74. The molecule has 2 fully saturated rings. The Morgan fingerprint density at radius 3 is 2.58 bits per heavy atom. The Balaban J connectivity index is 1.31. The zero-order chi connectivity index (χ0) is 22.8. The summed E-state index contributed by atoms with van der Waals surface area (Å²) < 4.78 is 1.41. The molecule has 2 saturated heterocycles. The molecule has 1 N–H and O–H groups in total. The first kappa shape index (κ1) is 21.2. The number of nitriles is 1. The average molecular weight is 443 g/mol. The molecule has 5 rings (SSSR count). The normalized spacial score (nSPS) is 18.5. The number of pyridine rings is 1. The standard InChI is InChI=1S/C25H26N6O2/c26-15-18-5-8-20(9-6-18)31-24(32)14-23(28-31)22-10-7-19(16-27-22)25(33)30-13-3-4-21(30)17-29-11-1-2-12-29/h5-10,14,16,21,28H,1-4,11-13,17H2/t21-/m1/s1. The smallest absolute Gasteiger partial charge is 0.271 e. The third-order valence-corrected chi connectivity index (χ3v) is 6.57. The van der Waals surface area contributed by atoms with Crippen LogP contribution >= 0.6 is 0 Å². The van der Waals surface area contributed by atoms with E-state index in [0.29, 0.717) is 28.2 Å². The number of hydrogen-bond acceptors (Lipinski definition) is 5. The van der Waals surface area contributed by atoms with Gasteiger partial charge in [-0.3, -0.25) is 19.7 Å². The van der Waals surface area contributed by atoms with E-state index < -0.39 is 0 Å². The molecule has 0 bridgehead atoms. The number of likely N-dealkylation sites (tertiary alicyclic amines) is 2. The van der Waals surface area contributed by atoms with Gasteiger partial charge in [0.25, 0.3) is 11.5 Å². The molecule has 0 saturated carbocycles. The van der Waals surface area contributed by atoms with E-state index in [2.05, 4.69) is 21.1 Å². The average Bonchev–Trinajstić information content (AvgIpc) is 3.61. The van der Waals surface area contributed by atoms with Crippen molar-refractivity contribution in [2.24, 2.45) is 0 Å². The highest BCUT2D eigenvalue weighted by Gasteiger charge is 2.31. The highest BCUT2D eigenvalue weighted by molar-refractivity contribution is 5.94. The fourth-order valence-corrected chi connectivity index (χ4v) is 4.81. The molecule has 8 heteroatoms. The van der Waals surface area contributed by atoms with Gasteiger partial charge in [-0.15, -0.1) is 0 Å². The second kappa shape index (κ2) is 9.04. The van der Waals surface area contributed by atoms with E-state index in [-0.39, 0.29) is 17.5 Å². The van der Waals surface area contributed by atoms with Gasteiger partial charge in [-0.2, -0.15) is 5.26 Å². The maximum atomic E-state index is 13.2. The molecule has 4 heterocycles. The summed E-state index contributed by atoms with van der Waals surface area (Å²) in [7, 11) is 0. The predicted octanol–water partition coefficient (Wildman–Crippen LogP) is 2.80. The molecular formula is C25H26N6O2. The summed E-state index contributed by atoms with van der Waals surface area (Å²) in [6.07, 6.45) is 6.19. The fourth-order valence-electron chi connectivity index (χ4n) is 4.81. The molecule has 2 aliphatic rings. The lowest BCUT2D eigenvalue weighted by molar-refractivity contribution is 0.0708. The summed E-state index contributed by atoms with van der Waals surface area (Å²) >= 11 is 0. The molecule has 0 unspecified atom stereocenters. The van der Waals surface area contributed by atoms with Gasteiger partial charge in [0, 0.05) is 31.4 Å². The fraction of sp³-hybridized carbons (Fsp3) is 0.360. The van der Waals surface area contributed by atoms with Crippen LogP contribution < -0.4 is 5.56 Å². The monoisotopic (exact) mass is 442 g/mol. The molecule has 2 aromatic heterocycles. The number of nitrogens with one attached hydrogen (secondary N) is 1. The van der Waals surface area contributed by atoms with Crippen molar-refractivity contribution in [3.63, 3.8) is 0 Å². The van der Waals surface area contributed by atoms with Gasteiger partial charge in [0.15, 0.2) is 0 Å². The highest BCUT2D eigenvalue weighted by Crippen LogP contribution is 2.23. The molecule has 1 aromatic carbocycles. The van der Waals surface area contributed by atoms with Crippen molar-refractivity contribution in [3.8, 4) is 23.1 Å². The first-order valence-corrected chi connectivity index (χ1v) is 11.4. The summed E-state index contributed by atoms with van der Waals surface area (Å²) in [5.41, 5.74) is 2.67. The third kappa shape index (κ3) is 4.32. The molecule has 33 heavy (non-hydrogen) atoms. The molecule has 1 amide bonds. The van der Waals surface area contributed by atoms with Gasteiger partial charge >= 0.3 is 0 Å². The minimum absolute atomic E-state index is 0.0272. The van der Waals surface area contributed by atoms with Gasteiger partial charge in [0.1, 0.15) is 0 Å². The lowest BCUT2D eigenvalue weighted by Crippen LogP contribution is -2.42. The van der Waals surface area contributed by atoms with Crippen molar-refractivity contribution in [1.29, 1.82) is 5.26 Å². The SMILES string of the molecule is N#Cc1ccc(-n2[nH]c(-c3ccc(C(=O)N4CCC[C@@H]4CN4CCCC4)cn3)cc2=O)cc1. The minimum atomic E-state index is -0.224. The second-order valence-corrected chi connectivity index (χ2v) is 8.74. The molecule has 2 aliphatic heterocycles. The summed E-state index contributed by atoms with van der Waals surface area (Å²) in [5, 5.41) is 12.0. The summed E-state index contributed by atoms with van der Waals surface area (Å²) in [5.74, 6) is 0.0272. The van der Waals surface area contributed by atoms with Crippen LogP contribution in [0.5, 0.6) is 0 Å². The van der Waals surface area contributed by atoms with Crippen LogP contribution in [0.1, 0.15) is 41.6 Å². The zero-order valence-electron chi connectivity index (χ0n) is 18.4. The number of carbonyl (C=O) groups excluding carboxylic acids is 1. The van der Waals surface area contributed by atoms with Crippen LogP contribution in [0.4, 0.5) is 0 Å². The van der Waals surface area contributed by atoms with Crippen LogP contribution in [-0.4, -0.2) is 62.7 Å². The van der Waals surface area contributed by atoms with Crippen molar-refractivity contribution < 1.29 is 4.79 Å². The number of amides is 1. The van der Waals surface area contributed by atoms with Crippen LogP contribution in [0.25, 0.3) is 17.1 Å². The van der Waals surface area contributed by atoms with E-state index in [1.54, 1.807) is 42.6 Å². The van der Waals surface area contributed by atoms with Crippen molar-refractivity contribution in [1.82, 2.24) is 24.6 Å². The molecule has 168 valence electrons. The minimum Gasteiger partial charge on any atom is -0.334 e. The molecule has 0 radical (unpaired) electrons. The number of nitrogens with zero attached hydrogens (tertiary/aromatic N) is 5. The van der Waals surface area contributed by atoms with Crippen molar-refractivity contribution >= 4 is 5.91 Å². The van der Waals surface area contributed by atoms with E-state index in [9.17, 15) is 9.59 Å². The van der Waals surface area contributed by atoms with Crippen molar-refractivity contribution in [3.05, 3.63) is 70.1 Å². The number of H-pyrrole nitrogens is 1. The first-order valence-electron chi connectivity index (χ1n) is 11.4. The first-order chi connectivity index (χ1) is 16.1. The maximum Gasteiger partial charge on any atom is 0.271 e. The van der Waals surface area contributed by atoms with E-state index in [0.717, 1.165) is 39.0 Å². The van der Waals surface area contributed by atoms with E-state index in [4.69, 9.17) is 5.26 Å². The molecule has 3 aromatic rings. The number of aromatic nitrogens is 3. The van der Waals surface area contributed by atoms with Crippen molar-refractivity contribution in [2.45, 2.75) is 31.7 Å². The Labute approximate surface area is 192 Å². The lowest BCUT2D eigenvalue weighted by atomic mass is 10.1. The van der Waals surface area contributed by atoms with E-state index in [1.165, 1.54) is 23.6 Å². The van der Waals surface area contributed by atoms with Gasteiger partial charge in [-0.25, -0.2) is 4.68 Å². The summed E-state index contributed by atoms with van der Waals surface area (Å²) in [4.78, 5) is 34.6. The van der Waals surface area contributed by atoms with Crippen LogP contribution in [0.15, 0.2) is 53.5 Å². The Kier molecular flexibility index (Phi) is 5.80. The molecular weight excluding hydrogens is 416 g/mol. The van der Waals surface area contributed by atoms with Gasteiger partial charge in [-0.1, -0.05) is 0 Å². The number of benzene rings is 1. The van der Waals surface area contributed by atoms with Gasteiger partial charge < -0.3 is 9.80 Å². The van der Waals surface area contributed by atoms with E-state index >= 15 is 0 Å². The highest BCUT2D eigenvalue weighted by atomic mass is 16.2. The Hall–Kier alpha value is -3.70. The van der Waals surface area contributed by atoms with Gasteiger partial charge in [-0.05, 0) is 75.2 Å². The topological polar surface area (TPSA) is 98.0 Å². The van der Waals surface area contributed by atoms with Gasteiger partial charge in [0.05, 0.1) is 34.3 Å². The zero-order valence-corrected chi connectivity index (χ0v) is 18.4. The summed E-state index contributed by atoms with van der Waals surface area (Å²) in [6.45, 7) is 4.02. The number of carbonyl (C=O) groups is 1. The van der Waals surface area contributed by atoms with Crippen LogP contribution in [-0.2, 0) is 0 Å². The predicted molar refractivity (Wildman–Crippen MR) is 124 cm³/mol. The Morgan fingerprint density at radius 1 is 1.09 bits per heavy atom. The molecule has 0 aliphatic carbocycles. The Bertz CT molecular complexity index is 1230.